The molecule has 0 aromatic carbocycles. The van der Waals surface area contributed by atoms with E-state index in [-0.39, 0.29) is 0 Å². The van der Waals surface area contributed by atoms with Crippen molar-refractivity contribution in [2.45, 2.75) is 40.2 Å². The summed E-state index contributed by atoms with van der Waals surface area (Å²) in [6.07, 6.45) is 9.02. The van der Waals surface area contributed by atoms with Crippen LogP contribution in [-0.4, -0.2) is 34.1 Å². The maximum atomic E-state index is 4.30. The second-order valence-electron chi connectivity index (χ2n) is 5.68. The van der Waals surface area contributed by atoms with Crippen molar-refractivity contribution in [2.24, 2.45) is 5.92 Å². The smallest absolute Gasteiger partial charge is 0.105 e. The number of aryl methyl sites for hydroxylation is 1. The number of aromatic nitrogens is 2. The molecule has 1 saturated heterocycles. The molecular weight excluding hydrogens is 222 g/mol. The molecule has 0 radical (unpaired) electrons. The largest absolute Gasteiger partial charge is 0.335 e. The van der Waals surface area contributed by atoms with Gasteiger partial charge in [-0.2, -0.15) is 0 Å². The van der Waals surface area contributed by atoms with Crippen molar-refractivity contribution in [3.63, 3.8) is 0 Å². The van der Waals surface area contributed by atoms with Crippen molar-refractivity contribution in [3.8, 4) is 0 Å². The van der Waals surface area contributed by atoms with Crippen molar-refractivity contribution in [2.75, 3.05) is 19.6 Å². The van der Waals surface area contributed by atoms with Gasteiger partial charge in [-0.15, -0.1) is 0 Å². The first-order valence-electron chi connectivity index (χ1n) is 6.98. The molecule has 1 atom stereocenters. The summed E-state index contributed by atoms with van der Waals surface area (Å²) in [5.74, 6) is 1.91. The summed E-state index contributed by atoms with van der Waals surface area (Å²) >= 11 is 0. The Labute approximate surface area is 111 Å². The number of hydrogen-bond acceptors (Lipinski definition) is 2. The summed E-state index contributed by atoms with van der Waals surface area (Å²) < 4.78 is 2.29. The van der Waals surface area contributed by atoms with E-state index in [1.807, 2.05) is 6.20 Å². The number of nitrogens with zero attached hydrogens (tertiary/aromatic N) is 3. The van der Waals surface area contributed by atoms with E-state index in [4.69, 9.17) is 0 Å². The molecule has 100 valence electrons. The molecule has 0 N–H and O–H groups in total. The Bertz CT molecular complexity index is 402. The van der Waals surface area contributed by atoms with Crippen molar-refractivity contribution < 1.29 is 0 Å². The Hall–Kier alpha value is -1.09. The predicted octanol–water partition coefficient (Wildman–Crippen LogP) is 2.87. The molecule has 3 heteroatoms. The first-order valence-corrected chi connectivity index (χ1v) is 6.98. The lowest BCUT2D eigenvalue weighted by molar-refractivity contribution is 0.176. The summed E-state index contributed by atoms with van der Waals surface area (Å²) in [6.45, 7) is 11.2. The van der Waals surface area contributed by atoms with Crippen molar-refractivity contribution in [1.82, 2.24) is 14.5 Å². The van der Waals surface area contributed by atoms with E-state index < -0.39 is 0 Å². The van der Waals surface area contributed by atoms with Gasteiger partial charge in [0, 0.05) is 32.0 Å². The van der Waals surface area contributed by atoms with Crippen LogP contribution in [0.5, 0.6) is 0 Å². The SMILES string of the molecule is CC(C)=CCN1CCC[C@H](Cn2ccnc2C)C1. The zero-order valence-corrected chi connectivity index (χ0v) is 11.9. The topological polar surface area (TPSA) is 21.1 Å². The normalized spacial score (nSPS) is 20.9. The van der Waals surface area contributed by atoms with Crippen LogP contribution in [0.1, 0.15) is 32.5 Å². The number of piperidine rings is 1. The van der Waals surface area contributed by atoms with Crippen LogP contribution in [0, 0.1) is 12.8 Å². The van der Waals surface area contributed by atoms with Crippen LogP contribution in [0.25, 0.3) is 0 Å². The summed E-state index contributed by atoms with van der Waals surface area (Å²) in [5, 5.41) is 0. The van der Waals surface area contributed by atoms with E-state index in [0.717, 1.165) is 24.8 Å². The van der Waals surface area contributed by atoms with Crippen molar-refractivity contribution in [3.05, 3.63) is 29.9 Å². The molecule has 0 saturated carbocycles. The zero-order chi connectivity index (χ0) is 13.0. The van der Waals surface area contributed by atoms with E-state index in [1.54, 1.807) is 0 Å². The molecule has 1 aliphatic rings. The monoisotopic (exact) mass is 247 g/mol. The van der Waals surface area contributed by atoms with Crippen molar-refractivity contribution in [1.29, 1.82) is 0 Å². The average molecular weight is 247 g/mol. The Morgan fingerprint density at radius 1 is 1.50 bits per heavy atom. The van der Waals surface area contributed by atoms with Gasteiger partial charge in [-0.25, -0.2) is 4.98 Å². The third-order valence-electron chi connectivity index (χ3n) is 3.74. The highest BCUT2D eigenvalue weighted by Crippen LogP contribution is 2.18. The molecule has 0 unspecified atom stereocenters. The quantitative estimate of drug-likeness (QED) is 0.763. The number of imidazole rings is 1. The van der Waals surface area contributed by atoms with Gasteiger partial charge in [-0.05, 0) is 46.1 Å². The summed E-state index contributed by atoms with van der Waals surface area (Å²) in [6, 6.07) is 0. The lowest BCUT2D eigenvalue weighted by Crippen LogP contribution is -2.37. The predicted molar refractivity (Wildman–Crippen MR) is 75.6 cm³/mol. The van der Waals surface area contributed by atoms with Crippen LogP contribution in [0.4, 0.5) is 0 Å². The Balaban J connectivity index is 1.87. The number of rotatable bonds is 4. The average Bonchev–Trinajstić information content (AvgIpc) is 2.73. The molecule has 2 heterocycles. The molecule has 1 aliphatic heterocycles. The van der Waals surface area contributed by atoms with Gasteiger partial charge in [0.05, 0.1) is 0 Å². The maximum absolute atomic E-state index is 4.30. The number of likely N-dealkylation sites (tertiary alicyclic amines) is 1. The van der Waals surface area contributed by atoms with Gasteiger partial charge >= 0.3 is 0 Å². The number of hydrogen-bond donors (Lipinski definition) is 0. The molecule has 18 heavy (non-hydrogen) atoms. The summed E-state index contributed by atoms with van der Waals surface area (Å²) in [5.41, 5.74) is 1.42. The van der Waals surface area contributed by atoms with Crippen molar-refractivity contribution >= 4 is 0 Å². The number of allylic oxidation sites excluding steroid dienone is 1. The maximum Gasteiger partial charge on any atom is 0.105 e. The van der Waals surface area contributed by atoms with E-state index in [9.17, 15) is 0 Å². The Kier molecular flexibility index (Phi) is 4.59. The second kappa shape index (κ2) is 6.19. The minimum Gasteiger partial charge on any atom is -0.335 e. The molecule has 0 aliphatic carbocycles. The third kappa shape index (κ3) is 3.70. The summed E-state index contributed by atoms with van der Waals surface area (Å²) in [4.78, 5) is 6.88. The molecule has 0 spiro atoms. The molecule has 0 bridgehead atoms. The standard InChI is InChI=1S/C15H25N3/c1-13(2)6-9-17-8-4-5-15(11-17)12-18-10-7-16-14(18)3/h6-7,10,15H,4-5,8-9,11-12H2,1-3H3/t15-/m0/s1. The van der Waals surface area contributed by atoms with Crippen LogP contribution < -0.4 is 0 Å². The Morgan fingerprint density at radius 3 is 3.00 bits per heavy atom. The minimum absolute atomic E-state index is 0.775. The lowest BCUT2D eigenvalue weighted by atomic mass is 9.98. The van der Waals surface area contributed by atoms with Gasteiger partial charge in [-0.3, -0.25) is 4.90 Å². The van der Waals surface area contributed by atoms with Crippen LogP contribution in [0.2, 0.25) is 0 Å². The van der Waals surface area contributed by atoms with Gasteiger partial charge in [-0.1, -0.05) is 11.6 Å². The second-order valence-corrected chi connectivity index (χ2v) is 5.68. The van der Waals surface area contributed by atoms with Gasteiger partial charge < -0.3 is 4.57 Å². The van der Waals surface area contributed by atoms with Gasteiger partial charge in [0.15, 0.2) is 0 Å². The molecule has 2 rings (SSSR count). The minimum atomic E-state index is 0.775. The van der Waals surface area contributed by atoms with Crippen LogP contribution in [0.3, 0.4) is 0 Å². The molecular formula is C15H25N3. The fourth-order valence-electron chi connectivity index (χ4n) is 2.65. The molecule has 0 amide bonds. The molecule has 3 nitrogen and oxygen atoms in total. The first-order chi connectivity index (χ1) is 8.65. The fraction of sp³-hybridized carbons (Fsp3) is 0.667. The lowest BCUT2D eigenvalue weighted by Gasteiger charge is -2.32. The van der Waals surface area contributed by atoms with E-state index >= 15 is 0 Å². The Morgan fingerprint density at radius 2 is 2.33 bits per heavy atom. The molecule has 1 aromatic heterocycles. The van der Waals surface area contributed by atoms with Gasteiger partial charge in [0.25, 0.3) is 0 Å². The van der Waals surface area contributed by atoms with E-state index in [2.05, 4.69) is 47.5 Å². The molecule has 1 aromatic rings. The summed E-state index contributed by atoms with van der Waals surface area (Å²) in [7, 11) is 0. The highest BCUT2D eigenvalue weighted by molar-refractivity contribution is 4.96. The van der Waals surface area contributed by atoms with Gasteiger partial charge in [0.1, 0.15) is 5.82 Å². The van der Waals surface area contributed by atoms with E-state index in [0.29, 0.717) is 0 Å². The van der Waals surface area contributed by atoms with Crippen LogP contribution >= 0.6 is 0 Å². The van der Waals surface area contributed by atoms with Crippen LogP contribution in [-0.2, 0) is 6.54 Å². The van der Waals surface area contributed by atoms with Gasteiger partial charge in [0.2, 0.25) is 0 Å². The van der Waals surface area contributed by atoms with E-state index in [1.165, 1.54) is 31.5 Å². The highest BCUT2D eigenvalue weighted by atomic mass is 15.1. The third-order valence-corrected chi connectivity index (χ3v) is 3.74. The highest BCUT2D eigenvalue weighted by Gasteiger charge is 2.19. The van der Waals surface area contributed by atoms with Crippen LogP contribution in [0.15, 0.2) is 24.0 Å². The first kappa shape index (κ1) is 13.3. The zero-order valence-electron chi connectivity index (χ0n) is 11.9. The molecule has 1 fully saturated rings. The fourth-order valence-corrected chi connectivity index (χ4v) is 2.65.